The Morgan fingerprint density at radius 1 is 0.656 bits per heavy atom. The number of unbranched alkanes of at least 4 members (excludes halogenated alkanes) is 2. The number of azide groups is 1. The van der Waals surface area contributed by atoms with E-state index in [1.54, 1.807) is 106 Å². The van der Waals surface area contributed by atoms with Gasteiger partial charge >= 0.3 is 24.1 Å². The molecule has 0 aliphatic carbocycles. The number of likely N-dealkylation sites (N-methyl/N-ethyl adjacent to an activating group) is 2. The number of nitrogens with one attached hydrogen (secondary N) is 2. The zero-order valence-electron chi connectivity index (χ0n) is 76.8. The molecule has 6 saturated heterocycles. The fourth-order valence-electron chi connectivity index (χ4n) is 18.2. The number of alkyl halides is 4. The van der Waals surface area contributed by atoms with Gasteiger partial charge in [-0.05, 0) is 199 Å². The van der Waals surface area contributed by atoms with E-state index in [9.17, 15) is 42.9 Å². The van der Waals surface area contributed by atoms with E-state index >= 15 is 17.6 Å². The predicted octanol–water partition coefficient (Wildman–Crippen LogP) is 11.2. The van der Waals surface area contributed by atoms with Crippen molar-refractivity contribution < 1.29 is 108 Å². The molecule has 2 aromatic carbocycles. The number of halogens is 5. The van der Waals surface area contributed by atoms with Gasteiger partial charge in [0.25, 0.3) is 11.3 Å². The number of nitrogen functional groups attached to an aromatic ring is 2. The second-order valence-corrected chi connectivity index (χ2v) is 36.2. The number of terminal acetylenes is 1. The van der Waals surface area contributed by atoms with Crippen molar-refractivity contribution in [1.29, 1.82) is 0 Å². The molecule has 6 aliphatic heterocycles. The highest BCUT2D eigenvalue weighted by Crippen LogP contribution is 2.46. The summed E-state index contributed by atoms with van der Waals surface area (Å²) in [6.07, 6.45) is -1.66. The maximum Gasteiger partial charge on any atom is 0.410 e. The molecule has 38 heteroatoms. The molecule has 0 radical (unpaired) electrons. The third-order valence-electron chi connectivity index (χ3n) is 24.9. The van der Waals surface area contributed by atoms with Crippen LogP contribution in [0.15, 0.2) is 59.8 Å². The second-order valence-electron chi connectivity index (χ2n) is 35.9. The quantitative estimate of drug-likeness (QED) is 0.00551. The standard InChI is InChI=1S/C43H67F2N7O9.C35H60F2N6O9.C8H7N.CH3FS/c1-12-32-43(8)34(52(39(56)61-43)19-14-13-18-51-22-30(48-49-51)28-16-15-17-29(46)21-28)27(4)47-24-40(5,44)23-41(6,57-11)36(26(3)35(54)42(7,45)38(55)59-32)60-37-33(53)31(50(9)10)20-25(2)58-37;1-12-24-35(8)26(43(31(47)52-35)16-14-13-15-40-41-38)22(4)39-19-32(5,36)18-33(6,48-11)28(21(3)27(45)34(7,37)30(46)50-24)51-29-25(44)23(42(9)10)17-20(2)49-29;1-2-7-4-3-5-8(9)6-7;1-3-2/h15-17,21-22,25-27,31-34,36-37,47,53H,12-14,18-20,23-24,46H2,1-11H3;20-26,28-29,39,44H,12-19H2,1-11H3;1,3-6H,9H2;1H3/t25?,26-,27+,31?,32+,33?,34+,36+,37-,40?,41+,42?,43+;20?,21-,22+,23?,24+,25?,26+,28+,29-,32?,33+,34?,35+;;/m00../s1. The highest BCUT2D eigenvalue weighted by atomic mass is 32.2. The fourth-order valence-corrected chi connectivity index (χ4v) is 18.2. The minimum Gasteiger partial charge on any atom is -0.455 e. The van der Waals surface area contributed by atoms with Crippen molar-refractivity contribution in [1.82, 2.24) is 45.2 Å². The number of anilines is 2. The molecule has 0 spiro atoms. The Hall–Kier alpha value is -7.61. The maximum atomic E-state index is 17.1. The summed E-state index contributed by atoms with van der Waals surface area (Å²) in [5, 5.41) is 41.2. The van der Waals surface area contributed by atoms with Crippen molar-refractivity contribution in [3.05, 3.63) is 70.7 Å². The monoisotopic (exact) mass is 1790 g/mol. The molecule has 704 valence electrons. The van der Waals surface area contributed by atoms with Crippen molar-refractivity contribution in [2.24, 2.45) is 17.0 Å². The summed E-state index contributed by atoms with van der Waals surface area (Å²) in [6.45, 7) is 24.5. The number of aliphatic hydroxyl groups is 2. The topological polar surface area (TPSA) is 404 Å². The summed E-state index contributed by atoms with van der Waals surface area (Å²) in [5.74, 6) is -5.79. The van der Waals surface area contributed by atoms with Gasteiger partial charge in [-0.15, -0.1) is 11.5 Å². The predicted molar refractivity (Wildman–Crippen MR) is 463 cm³/mol. The third kappa shape index (κ3) is 26.1. The van der Waals surface area contributed by atoms with Crippen LogP contribution in [0.4, 0.5) is 42.4 Å². The van der Waals surface area contributed by atoms with Gasteiger partial charge < -0.3 is 89.5 Å². The van der Waals surface area contributed by atoms with Gasteiger partial charge in [-0.3, -0.25) is 24.1 Å². The van der Waals surface area contributed by atoms with Gasteiger partial charge in [0.2, 0.25) is 0 Å². The minimum absolute atomic E-state index is 0.0831. The number of ether oxygens (including phenoxy) is 10. The maximum absolute atomic E-state index is 17.1. The van der Waals surface area contributed by atoms with Crippen LogP contribution < -0.4 is 22.1 Å². The lowest BCUT2D eigenvalue weighted by Crippen LogP contribution is -2.62. The molecule has 0 bridgehead atoms. The molecule has 125 heavy (non-hydrogen) atoms. The number of hydrogen-bond acceptors (Lipinski definition) is 28. The van der Waals surface area contributed by atoms with Gasteiger partial charge in [-0.25, -0.2) is 36.7 Å². The smallest absolute Gasteiger partial charge is 0.410 e. The van der Waals surface area contributed by atoms with Crippen LogP contribution in [-0.4, -0.2) is 305 Å². The number of aromatic nitrogens is 3. The molecular formula is C87H137F5N14O18S. The summed E-state index contributed by atoms with van der Waals surface area (Å²) < 4.78 is 140. The van der Waals surface area contributed by atoms with Crippen LogP contribution in [-0.2, 0) is 73.1 Å². The number of aryl methyl sites for hydroxylation is 1. The molecule has 9 rings (SSSR count). The van der Waals surface area contributed by atoms with E-state index in [4.69, 9.17) is 70.8 Å². The first-order valence-corrected chi connectivity index (χ1v) is 43.8. The van der Waals surface area contributed by atoms with Crippen LogP contribution in [0.1, 0.15) is 181 Å². The number of nitrogens with zero attached hydrogens (tertiary/aromatic N) is 10. The molecule has 7 heterocycles. The van der Waals surface area contributed by atoms with Crippen molar-refractivity contribution in [3.63, 3.8) is 0 Å². The lowest BCUT2D eigenvalue weighted by Gasteiger charge is -2.47. The minimum atomic E-state index is -3.24. The number of nitrogens with two attached hydrogens (primary N) is 2. The number of ketones is 2. The van der Waals surface area contributed by atoms with Crippen LogP contribution in [0.3, 0.4) is 0 Å². The molecule has 6 fully saturated rings. The number of benzene rings is 2. The van der Waals surface area contributed by atoms with E-state index in [0.717, 1.165) is 25.0 Å². The first kappa shape index (κ1) is 106. The number of cyclic esters (lactones) is 2. The first-order valence-electron chi connectivity index (χ1n) is 42.7. The molecule has 0 saturated carbocycles. The molecule has 2 amide bonds. The van der Waals surface area contributed by atoms with Gasteiger partial charge in [-0.2, -0.15) is 3.89 Å². The first-order chi connectivity index (χ1) is 58.3. The van der Waals surface area contributed by atoms with Crippen LogP contribution in [0, 0.1) is 24.2 Å². The van der Waals surface area contributed by atoms with Crippen LogP contribution in [0.25, 0.3) is 21.7 Å². The number of carbonyl (C=O) groups is 6. The molecule has 10 unspecified atom stereocenters. The number of esters is 2. The average Bonchev–Trinajstić information content (AvgIpc) is 1.60. The van der Waals surface area contributed by atoms with Crippen molar-refractivity contribution in [3.8, 4) is 23.6 Å². The largest absolute Gasteiger partial charge is 0.455 e. The fraction of sp³-hybridized carbons (Fsp3) is 0.747. The van der Waals surface area contributed by atoms with E-state index in [2.05, 4.69) is 36.9 Å². The summed E-state index contributed by atoms with van der Waals surface area (Å²) in [4.78, 5) is 92.8. The number of methoxy groups -OCH3 is 2. The molecule has 1 aromatic heterocycles. The van der Waals surface area contributed by atoms with Crippen molar-refractivity contribution in [2.45, 2.75) is 324 Å². The van der Waals surface area contributed by atoms with Gasteiger partial charge in [-0.1, -0.05) is 62.1 Å². The summed E-state index contributed by atoms with van der Waals surface area (Å²) >= 11 is 0.250. The SMILES string of the molecule is C#Cc1cccc(N)c1.CC[C@H]1OC(=O)C(C)(F)C(=O)[C@H](C)[C@@H](O[C@@H]2OC(C)CC(N(C)C)C2O)[C@](C)(OC)CC(C)(F)CN[C@H](C)[C@H]2N(CCCCN=[N+]=[N-])C(=O)O[C@]12C.CC[C@H]1OC(=O)C(C)(F)C(=O)[C@H](C)[C@@H](O[C@@H]2OC(C)CC(N(C)C)C2O)[C@](C)(OC)CC(C)(F)CN[C@H](C)[C@H]2N(CCCCn3cc(-c4cccc(N)c4)nn3)C(=O)O[C@]12C.CSF. The zero-order valence-corrected chi connectivity index (χ0v) is 77.6. The molecule has 8 N–H and O–H groups in total. The Bertz CT molecular complexity index is 4150. The van der Waals surface area contributed by atoms with Gasteiger partial charge in [0.05, 0.1) is 53.9 Å². The summed E-state index contributed by atoms with van der Waals surface area (Å²) in [7, 11) is 9.85. The Balaban J connectivity index is 0.000000343. The van der Waals surface area contributed by atoms with E-state index in [1.165, 1.54) is 64.9 Å². The molecule has 3 aromatic rings. The Labute approximate surface area is 737 Å². The third-order valence-corrected chi connectivity index (χ3v) is 24.9. The van der Waals surface area contributed by atoms with Gasteiger partial charge in [0, 0.05) is 148 Å². The second kappa shape index (κ2) is 45.1. The number of carbonyl (C=O) groups excluding carboxylic acids is 6. The highest BCUT2D eigenvalue weighted by molar-refractivity contribution is 7.93. The van der Waals surface area contributed by atoms with Crippen LogP contribution in [0.2, 0.25) is 0 Å². The van der Waals surface area contributed by atoms with Gasteiger partial charge in [0.15, 0.2) is 35.3 Å². The highest BCUT2D eigenvalue weighted by Gasteiger charge is 2.64. The van der Waals surface area contributed by atoms with Gasteiger partial charge in [0.1, 0.15) is 41.4 Å². The van der Waals surface area contributed by atoms with E-state index in [1.807, 2.05) is 53.3 Å². The van der Waals surface area contributed by atoms with Crippen LogP contribution >= 0.6 is 12.1 Å². The number of Topliss-reactive ketones (excluding diaryl/α,β-unsaturated/α-hetero) is 2. The van der Waals surface area contributed by atoms with Crippen molar-refractivity contribution >= 4 is 59.2 Å². The van der Waals surface area contributed by atoms with Crippen molar-refractivity contribution in [2.75, 3.05) is 92.9 Å². The molecule has 32 nitrogen and oxygen atoms in total. The lowest BCUT2D eigenvalue weighted by molar-refractivity contribution is -0.297. The summed E-state index contributed by atoms with van der Waals surface area (Å²) in [5.41, 5.74) is 6.72. The Kier molecular flexibility index (Phi) is 38.3. The van der Waals surface area contributed by atoms with E-state index < -0.39 is 172 Å². The number of rotatable bonds is 21. The molecule has 6 aliphatic rings. The lowest BCUT2D eigenvalue weighted by atomic mass is 9.77. The summed E-state index contributed by atoms with van der Waals surface area (Å²) in [6, 6.07) is 10.8. The average molecular weight is 1790 g/mol. The van der Waals surface area contributed by atoms with Crippen LogP contribution in [0.5, 0.6) is 0 Å². The normalized spacial score (nSPS) is 37.0. The number of hydrogen-bond donors (Lipinski definition) is 6. The molecular weight excluding hydrogens is 1660 g/mol. The molecule has 26 atom stereocenters. The Morgan fingerprint density at radius 3 is 1.42 bits per heavy atom. The number of amides is 2. The number of aliphatic hydroxyl groups excluding tert-OH is 2. The number of fused-ring (bicyclic) bond motifs is 2. The van der Waals surface area contributed by atoms with E-state index in [-0.39, 0.29) is 88.8 Å². The van der Waals surface area contributed by atoms with E-state index in [0.29, 0.717) is 62.1 Å². The Morgan fingerprint density at radius 2 is 1.06 bits per heavy atom. The zero-order chi connectivity index (χ0) is 94.0.